The van der Waals surface area contributed by atoms with Crippen LogP contribution in [0.3, 0.4) is 0 Å². The molecular formula is C16H17FN2O2. The van der Waals surface area contributed by atoms with Crippen LogP contribution in [0.5, 0.6) is 0 Å². The van der Waals surface area contributed by atoms with E-state index in [1.54, 1.807) is 30.3 Å². The van der Waals surface area contributed by atoms with Gasteiger partial charge >= 0.3 is 5.97 Å². The molecule has 0 atom stereocenters. The van der Waals surface area contributed by atoms with E-state index in [2.05, 4.69) is 9.72 Å². The fraction of sp³-hybridized carbons (Fsp3) is 0.250. The molecule has 2 rings (SSSR count). The topological polar surface area (TPSA) is 42.4 Å². The Kier molecular flexibility index (Phi) is 4.87. The zero-order valence-electron chi connectivity index (χ0n) is 12.0. The highest BCUT2D eigenvalue weighted by Gasteiger charge is 2.11. The van der Waals surface area contributed by atoms with Crippen molar-refractivity contribution in [2.75, 3.05) is 18.6 Å². The van der Waals surface area contributed by atoms with E-state index in [1.165, 1.54) is 19.4 Å². The van der Waals surface area contributed by atoms with Gasteiger partial charge in [0, 0.05) is 12.7 Å². The average Bonchev–Trinajstić information content (AvgIpc) is 2.53. The van der Waals surface area contributed by atoms with Crippen molar-refractivity contribution >= 4 is 11.7 Å². The van der Waals surface area contributed by atoms with Crippen LogP contribution in [0.25, 0.3) is 0 Å². The first-order valence-corrected chi connectivity index (χ1v) is 6.68. The molecule has 0 bridgehead atoms. The van der Waals surface area contributed by atoms with Crippen molar-refractivity contribution < 1.29 is 13.9 Å². The fourth-order valence-electron chi connectivity index (χ4n) is 2.03. The van der Waals surface area contributed by atoms with Crippen LogP contribution in [0.4, 0.5) is 10.1 Å². The third kappa shape index (κ3) is 3.56. The SMILES string of the molecule is CCN(Cc1ccc(C(=O)OC)cn1)c1ccccc1F. The van der Waals surface area contributed by atoms with Crippen molar-refractivity contribution in [1.82, 2.24) is 4.98 Å². The number of nitrogens with zero attached hydrogens (tertiary/aromatic N) is 2. The Morgan fingerprint density at radius 1 is 1.29 bits per heavy atom. The van der Waals surface area contributed by atoms with Crippen LogP contribution >= 0.6 is 0 Å². The quantitative estimate of drug-likeness (QED) is 0.793. The minimum atomic E-state index is -0.421. The molecule has 21 heavy (non-hydrogen) atoms. The first kappa shape index (κ1) is 15.0. The fourth-order valence-corrected chi connectivity index (χ4v) is 2.03. The second-order valence-electron chi connectivity index (χ2n) is 4.50. The summed E-state index contributed by atoms with van der Waals surface area (Å²) in [6.45, 7) is 3.08. The summed E-state index contributed by atoms with van der Waals surface area (Å²) < 4.78 is 18.4. The summed E-state index contributed by atoms with van der Waals surface area (Å²) in [7, 11) is 1.33. The number of para-hydroxylation sites is 1. The Hall–Kier alpha value is -2.43. The summed E-state index contributed by atoms with van der Waals surface area (Å²) in [6.07, 6.45) is 1.47. The van der Waals surface area contributed by atoms with E-state index in [4.69, 9.17) is 0 Å². The van der Waals surface area contributed by atoms with E-state index < -0.39 is 5.97 Å². The number of hydrogen-bond acceptors (Lipinski definition) is 4. The van der Waals surface area contributed by atoms with Crippen LogP contribution in [0, 0.1) is 5.82 Å². The number of halogens is 1. The van der Waals surface area contributed by atoms with E-state index in [9.17, 15) is 9.18 Å². The van der Waals surface area contributed by atoms with E-state index >= 15 is 0 Å². The highest BCUT2D eigenvalue weighted by atomic mass is 19.1. The molecule has 0 unspecified atom stereocenters. The number of hydrogen-bond donors (Lipinski definition) is 0. The van der Waals surface area contributed by atoms with Gasteiger partial charge < -0.3 is 9.64 Å². The van der Waals surface area contributed by atoms with Crippen LogP contribution < -0.4 is 4.90 Å². The Morgan fingerprint density at radius 2 is 2.05 bits per heavy atom. The highest BCUT2D eigenvalue weighted by Crippen LogP contribution is 2.20. The molecule has 2 aromatic rings. The van der Waals surface area contributed by atoms with Crippen LogP contribution in [0.15, 0.2) is 42.6 Å². The van der Waals surface area contributed by atoms with Gasteiger partial charge in [0.2, 0.25) is 0 Å². The van der Waals surface area contributed by atoms with Gasteiger partial charge in [0.05, 0.1) is 30.6 Å². The summed E-state index contributed by atoms with van der Waals surface area (Å²) in [5.41, 5.74) is 1.70. The van der Waals surface area contributed by atoms with Gasteiger partial charge in [-0.15, -0.1) is 0 Å². The smallest absolute Gasteiger partial charge is 0.339 e. The number of esters is 1. The van der Waals surface area contributed by atoms with Crippen molar-refractivity contribution in [3.8, 4) is 0 Å². The molecule has 0 saturated carbocycles. The van der Waals surface area contributed by atoms with E-state index in [1.807, 2.05) is 11.8 Å². The van der Waals surface area contributed by atoms with Crippen LogP contribution in [0.2, 0.25) is 0 Å². The highest BCUT2D eigenvalue weighted by molar-refractivity contribution is 5.88. The summed E-state index contributed by atoms with van der Waals surface area (Å²) in [4.78, 5) is 17.5. The van der Waals surface area contributed by atoms with Crippen molar-refractivity contribution in [3.63, 3.8) is 0 Å². The minimum Gasteiger partial charge on any atom is -0.465 e. The number of carbonyl (C=O) groups is 1. The van der Waals surface area contributed by atoms with Gasteiger partial charge in [0.15, 0.2) is 0 Å². The molecule has 110 valence electrons. The molecule has 1 heterocycles. The molecule has 1 aromatic carbocycles. The Morgan fingerprint density at radius 3 is 2.62 bits per heavy atom. The number of ether oxygens (including phenoxy) is 1. The molecular weight excluding hydrogens is 271 g/mol. The second kappa shape index (κ2) is 6.83. The number of pyridine rings is 1. The number of rotatable bonds is 5. The lowest BCUT2D eigenvalue weighted by molar-refractivity contribution is 0.0600. The van der Waals surface area contributed by atoms with Crippen molar-refractivity contribution in [2.45, 2.75) is 13.5 Å². The minimum absolute atomic E-state index is 0.259. The van der Waals surface area contributed by atoms with Crippen LogP contribution in [-0.2, 0) is 11.3 Å². The van der Waals surface area contributed by atoms with E-state index in [0.717, 1.165) is 5.69 Å². The first-order chi connectivity index (χ1) is 10.2. The summed E-state index contributed by atoms with van der Waals surface area (Å²) in [6, 6.07) is 10.0. The Labute approximate surface area is 123 Å². The van der Waals surface area contributed by atoms with Gasteiger partial charge in [0.25, 0.3) is 0 Å². The summed E-state index contributed by atoms with van der Waals surface area (Å²) in [5, 5.41) is 0. The average molecular weight is 288 g/mol. The molecule has 4 nitrogen and oxygen atoms in total. The molecule has 0 spiro atoms. The maximum Gasteiger partial charge on any atom is 0.339 e. The standard InChI is InChI=1S/C16H17FN2O2/c1-3-19(15-7-5-4-6-14(15)17)11-13-9-8-12(10-18-13)16(20)21-2/h4-10H,3,11H2,1-2H3. The number of anilines is 1. The third-order valence-electron chi connectivity index (χ3n) is 3.17. The zero-order chi connectivity index (χ0) is 15.2. The normalized spacial score (nSPS) is 10.2. The summed E-state index contributed by atoms with van der Waals surface area (Å²) in [5.74, 6) is -0.680. The molecule has 0 aliphatic heterocycles. The van der Waals surface area contributed by atoms with Gasteiger partial charge in [-0.05, 0) is 31.2 Å². The predicted molar refractivity (Wildman–Crippen MR) is 78.7 cm³/mol. The van der Waals surface area contributed by atoms with Crippen molar-refractivity contribution in [1.29, 1.82) is 0 Å². The molecule has 0 aliphatic rings. The number of methoxy groups -OCH3 is 1. The lowest BCUT2D eigenvalue weighted by Crippen LogP contribution is -2.23. The largest absolute Gasteiger partial charge is 0.465 e. The molecule has 5 heteroatoms. The zero-order valence-corrected chi connectivity index (χ0v) is 12.0. The lowest BCUT2D eigenvalue weighted by atomic mass is 10.2. The van der Waals surface area contributed by atoms with Gasteiger partial charge in [-0.1, -0.05) is 12.1 Å². The monoisotopic (exact) mass is 288 g/mol. The molecule has 0 radical (unpaired) electrons. The lowest BCUT2D eigenvalue weighted by Gasteiger charge is -2.23. The van der Waals surface area contributed by atoms with E-state index in [0.29, 0.717) is 24.3 Å². The Bertz CT molecular complexity index is 614. The molecule has 0 N–H and O–H groups in total. The molecule has 0 fully saturated rings. The number of benzene rings is 1. The van der Waals surface area contributed by atoms with Gasteiger partial charge in [-0.3, -0.25) is 4.98 Å². The maximum absolute atomic E-state index is 13.8. The first-order valence-electron chi connectivity index (χ1n) is 6.68. The second-order valence-corrected chi connectivity index (χ2v) is 4.50. The molecule has 0 saturated heterocycles. The summed E-state index contributed by atoms with van der Waals surface area (Å²) >= 11 is 0. The molecule has 0 amide bonds. The van der Waals surface area contributed by atoms with Gasteiger partial charge in [-0.25, -0.2) is 9.18 Å². The van der Waals surface area contributed by atoms with Gasteiger partial charge in [0.1, 0.15) is 5.82 Å². The number of carbonyl (C=O) groups excluding carboxylic acids is 1. The van der Waals surface area contributed by atoms with Crippen LogP contribution in [-0.4, -0.2) is 24.6 Å². The predicted octanol–water partition coefficient (Wildman–Crippen LogP) is 3.03. The van der Waals surface area contributed by atoms with Crippen molar-refractivity contribution in [2.24, 2.45) is 0 Å². The van der Waals surface area contributed by atoms with Crippen LogP contribution in [0.1, 0.15) is 23.0 Å². The molecule has 1 aromatic heterocycles. The molecule has 0 aliphatic carbocycles. The van der Waals surface area contributed by atoms with E-state index in [-0.39, 0.29) is 5.82 Å². The van der Waals surface area contributed by atoms with Crippen molar-refractivity contribution in [3.05, 3.63) is 59.7 Å². The number of aromatic nitrogens is 1. The van der Waals surface area contributed by atoms with Gasteiger partial charge in [-0.2, -0.15) is 0 Å². The third-order valence-corrected chi connectivity index (χ3v) is 3.17. The Balaban J connectivity index is 2.16. The maximum atomic E-state index is 13.8.